The summed E-state index contributed by atoms with van der Waals surface area (Å²) in [6.45, 7) is 7.65. The summed E-state index contributed by atoms with van der Waals surface area (Å²) in [5.41, 5.74) is 2.56. The van der Waals surface area contributed by atoms with Crippen molar-refractivity contribution < 1.29 is 4.79 Å². The molecule has 0 bridgehead atoms. The molecule has 4 heterocycles. The number of aromatic nitrogens is 2. The van der Waals surface area contributed by atoms with Gasteiger partial charge in [0.25, 0.3) is 0 Å². The smallest absolute Gasteiger partial charge is 0.240 e. The van der Waals surface area contributed by atoms with Crippen molar-refractivity contribution in [3.63, 3.8) is 0 Å². The molecule has 2 N–H and O–H groups in total. The average molecular weight is 317 g/mol. The third-order valence-electron chi connectivity index (χ3n) is 5.77. The zero-order valence-electron chi connectivity index (χ0n) is 14.0. The van der Waals surface area contributed by atoms with Gasteiger partial charge in [0.15, 0.2) is 0 Å². The van der Waals surface area contributed by atoms with Crippen molar-refractivity contribution in [1.82, 2.24) is 25.3 Å². The average Bonchev–Trinajstić information content (AvgIpc) is 3.05. The number of fused-ring (bicyclic) bond motifs is 1. The van der Waals surface area contributed by atoms with E-state index >= 15 is 0 Å². The minimum absolute atomic E-state index is 0.00340. The van der Waals surface area contributed by atoms with Crippen LogP contribution < -0.4 is 10.6 Å². The monoisotopic (exact) mass is 317 g/mol. The van der Waals surface area contributed by atoms with E-state index in [2.05, 4.69) is 26.5 Å². The molecule has 3 aliphatic rings. The first-order valence-electron chi connectivity index (χ1n) is 8.92. The zero-order chi connectivity index (χ0) is 15.9. The molecule has 2 saturated heterocycles. The molecule has 2 fully saturated rings. The number of hydrogen-bond donors (Lipinski definition) is 2. The van der Waals surface area contributed by atoms with E-state index in [9.17, 15) is 4.79 Å². The van der Waals surface area contributed by atoms with Crippen molar-refractivity contribution in [3.8, 4) is 0 Å². The maximum absolute atomic E-state index is 13.0. The fourth-order valence-electron chi connectivity index (χ4n) is 4.44. The van der Waals surface area contributed by atoms with Gasteiger partial charge in [-0.15, -0.1) is 0 Å². The van der Waals surface area contributed by atoms with Gasteiger partial charge in [0.1, 0.15) is 0 Å². The fourth-order valence-corrected chi connectivity index (χ4v) is 4.44. The van der Waals surface area contributed by atoms with Gasteiger partial charge in [-0.1, -0.05) is 0 Å². The van der Waals surface area contributed by atoms with E-state index in [0.717, 1.165) is 51.3 Å². The molecule has 1 amide bonds. The number of hydrogen-bond acceptors (Lipinski definition) is 4. The molecule has 0 aromatic carbocycles. The fraction of sp³-hybridized carbons (Fsp3) is 0.765. The first kappa shape index (κ1) is 15.1. The summed E-state index contributed by atoms with van der Waals surface area (Å²) in [6.07, 6.45) is 4.37. The number of piperidine rings is 1. The second-order valence-electron chi connectivity index (χ2n) is 7.50. The second kappa shape index (κ2) is 5.91. The number of rotatable bonds is 1. The van der Waals surface area contributed by atoms with Crippen LogP contribution in [0.3, 0.4) is 0 Å². The molecule has 6 nitrogen and oxygen atoms in total. The van der Waals surface area contributed by atoms with Gasteiger partial charge >= 0.3 is 0 Å². The number of amides is 1. The van der Waals surface area contributed by atoms with E-state index in [1.165, 1.54) is 18.5 Å². The summed E-state index contributed by atoms with van der Waals surface area (Å²) in [5, 5.41) is 11.5. The lowest BCUT2D eigenvalue weighted by atomic mass is 9.77. The molecule has 1 spiro atoms. The molecule has 1 aromatic rings. The second-order valence-corrected chi connectivity index (χ2v) is 7.50. The summed E-state index contributed by atoms with van der Waals surface area (Å²) in [5.74, 6) is 0.285. The van der Waals surface area contributed by atoms with E-state index in [0.29, 0.717) is 12.0 Å². The van der Waals surface area contributed by atoms with Gasteiger partial charge in [0.05, 0.1) is 24.0 Å². The van der Waals surface area contributed by atoms with E-state index in [-0.39, 0.29) is 11.9 Å². The Kier molecular flexibility index (Phi) is 3.89. The maximum Gasteiger partial charge on any atom is 0.240 e. The van der Waals surface area contributed by atoms with Gasteiger partial charge < -0.3 is 15.5 Å². The van der Waals surface area contributed by atoms with Gasteiger partial charge in [-0.05, 0) is 57.2 Å². The summed E-state index contributed by atoms with van der Waals surface area (Å²) in [7, 11) is 0. The lowest BCUT2D eigenvalue weighted by Crippen LogP contribution is -2.43. The highest BCUT2D eigenvalue weighted by atomic mass is 16.2. The highest BCUT2D eigenvalue weighted by Gasteiger charge is 2.43. The van der Waals surface area contributed by atoms with E-state index in [1.54, 1.807) is 0 Å². The van der Waals surface area contributed by atoms with Crippen LogP contribution in [0.1, 0.15) is 37.1 Å². The minimum Gasteiger partial charge on any atom is -0.335 e. The third-order valence-corrected chi connectivity index (χ3v) is 5.77. The third kappa shape index (κ3) is 2.90. The summed E-state index contributed by atoms with van der Waals surface area (Å²) in [6, 6.07) is 2.12. The van der Waals surface area contributed by atoms with Crippen molar-refractivity contribution >= 4 is 5.91 Å². The Morgan fingerprint density at radius 1 is 1.35 bits per heavy atom. The quantitative estimate of drug-likeness (QED) is 0.799. The largest absolute Gasteiger partial charge is 0.335 e. The molecular formula is C17H27N5O. The van der Waals surface area contributed by atoms with Crippen molar-refractivity contribution in [1.29, 1.82) is 0 Å². The predicted molar refractivity (Wildman–Crippen MR) is 87.9 cm³/mol. The van der Waals surface area contributed by atoms with Gasteiger partial charge in [0, 0.05) is 19.6 Å². The molecule has 1 atom stereocenters. The number of aryl methyl sites for hydroxylation is 2. The normalized spacial score (nSPS) is 27.0. The molecule has 1 aromatic heterocycles. The summed E-state index contributed by atoms with van der Waals surface area (Å²) < 4.78 is 2.07. The highest BCUT2D eigenvalue weighted by Crippen LogP contribution is 2.38. The SMILES string of the molecule is Cc1cc2n(n1)CCCN(C(=O)[C@H]1CC3(CCNCC3)CN1)C2. The first-order valence-corrected chi connectivity index (χ1v) is 8.92. The predicted octanol–water partition coefficient (Wildman–Crippen LogP) is 0.656. The topological polar surface area (TPSA) is 62.2 Å². The zero-order valence-corrected chi connectivity index (χ0v) is 14.0. The highest BCUT2D eigenvalue weighted by molar-refractivity contribution is 5.82. The van der Waals surface area contributed by atoms with Crippen molar-refractivity contribution in [3.05, 3.63) is 17.5 Å². The van der Waals surface area contributed by atoms with Crippen molar-refractivity contribution in [2.24, 2.45) is 5.41 Å². The molecule has 0 unspecified atom stereocenters. The Bertz CT molecular complexity index is 590. The van der Waals surface area contributed by atoms with Crippen LogP contribution in [0.25, 0.3) is 0 Å². The number of carbonyl (C=O) groups is 1. The van der Waals surface area contributed by atoms with Gasteiger partial charge in [-0.2, -0.15) is 5.10 Å². The molecular weight excluding hydrogens is 290 g/mol. The lowest BCUT2D eigenvalue weighted by molar-refractivity contribution is -0.133. The van der Waals surface area contributed by atoms with E-state index in [1.807, 2.05) is 11.8 Å². The Labute approximate surface area is 137 Å². The van der Waals surface area contributed by atoms with Crippen LogP contribution in [0.4, 0.5) is 0 Å². The van der Waals surface area contributed by atoms with Crippen LogP contribution >= 0.6 is 0 Å². The van der Waals surface area contributed by atoms with Crippen LogP contribution in [-0.2, 0) is 17.9 Å². The van der Waals surface area contributed by atoms with Crippen molar-refractivity contribution in [2.75, 3.05) is 26.2 Å². The molecule has 6 heteroatoms. The Morgan fingerprint density at radius 3 is 3.00 bits per heavy atom. The maximum atomic E-state index is 13.0. The standard InChI is InChI=1S/C17H27N5O/c1-13-9-14-11-21(7-2-8-22(14)20-13)16(23)15-10-17(12-19-15)3-5-18-6-4-17/h9,15,18-19H,2-8,10-12H2,1H3/t15-/m1/s1. The molecule has 4 rings (SSSR count). The molecule has 0 aliphatic carbocycles. The van der Waals surface area contributed by atoms with E-state index in [4.69, 9.17) is 0 Å². The Hall–Kier alpha value is -1.40. The summed E-state index contributed by atoms with van der Waals surface area (Å²) >= 11 is 0. The van der Waals surface area contributed by atoms with Crippen molar-refractivity contribution in [2.45, 2.75) is 51.7 Å². The van der Waals surface area contributed by atoms with Crippen LogP contribution in [0.5, 0.6) is 0 Å². The number of nitrogens with one attached hydrogen (secondary N) is 2. The molecule has 126 valence electrons. The van der Waals surface area contributed by atoms with E-state index < -0.39 is 0 Å². The van der Waals surface area contributed by atoms with Gasteiger partial charge in [-0.3, -0.25) is 9.48 Å². The van der Waals surface area contributed by atoms with Crippen LogP contribution in [0.2, 0.25) is 0 Å². The molecule has 0 saturated carbocycles. The molecule has 23 heavy (non-hydrogen) atoms. The van der Waals surface area contributed by atoms with Gasteiger partial charge in [0.2, 0.25) is 5.91 Å². The summed E-state index contributed by atoms with van der Waals surface area (Å²) in [4.78, 5) is 15.1. The van der Waals surface area contributed by atoms with Crippen LogP contribution in [-0.4, -0.2) is 52.8 Å². The number of nitrogens with zero attached hydrogens (tertiary/aromatic N) is 3. The van der Waals surface area contributed by atoms with Crippen LogP contribution in [0, 0.1) is 12.3 Å². The van der Waals surface area contributed by atoms with Gasteiger partial charge in [-0.25, -0.2) is 0 Å². The Balaban J connectivity index is 1.45. The number of carbonyl (C=O) groups excluding carboxylic acids is 1. The Morgan fingerprint density at radius 2 is 2.17 bits per heavy atom. The molecule has 3 aliphatic heterocycles. The first-order chi connectivity index (χ1) is 11.2. The minimum atomic E-state index is 0.00340. The van der Waals surface area contributed by atoms with Crippen LogP contribution in [0.15, 0.2) is 6.07 Å². The molecule has 0 radical (unpaired) electrons. The lowest BCUT2D eigenvalue weighted by Gasteiger charge is -2.33.